The first kappa shape index (κ1) is 14.3. The van der Waals surface area contributed by atoms with Gasteiger partial charge in [0.2, 0.25) is 0 Å². The number of aryl methyl sites for hydroxylation is 1. The van der Waals surface area contributed by atoms with Crippen molar-refractivity contribution in [3.8, 4) is 5.75 Å². The lowest BCUT2D eigenvalue weighted by Crippen LogP contribution is -2.37. The van der Waals surface area contributed by atoms with Gasteiger partial charge in [0, 0.05) is 11.8 Å². The molecule has 1 saturated heterocycles. The molecule has 1 aromatic carbocycles. The average Bonchev–Trinajstić information content (AvgIpc) is 2.44. The second kappa shape index (κ2) is 7.43. The summed E-state index contributed by atoms with van der Waals surface area (Å²) in [4.78, 5) is 4.56. The van der Waals surface area contributed by atoms with E-state index in [1.54, 1.807) is 0 Å². The molecule has 3 nitrogen and oxygen atoms in total. The molecule has 104 valence electrons. The predicted molar refractivity (Wildman–Crippen MR) is 83.3 cm³/mol. The van der Waals surface area contributed by atoms with Crippen LogP contribution >= 0.6 is 11.8 Å². The Morgan fingerprint density at radius 3 is 3.16 bits per heavy atom. The van der Waals surface area contributed by atoms with Gasteiger partial charge in [-0.1, -0.05) is 30.8 Å². The monoisotopic (exact) mass is 278 g/mol. The Labute approximate surface area is 119 Å². The lowest BCUT2D eigenvalue weighted by atomic mass is 10.2. The summed E-state index contributed by atoms with van der Waals surface area (Å²) in [5.41, 5.74) is 1.22. The van der Waals surface area contributed by atoms with E-state index in [-0.39, 0.29) is 0 Å². The molecule has 0 saturated carbocycles. The van der Waals surface area contributed by atoms with Crippen molar-refractivity contribution in [2.45, 2.75) is 32.7 Å². The van der Waals surface area contributed by atoms with Crippen molar-refractivity contribution in [1.29, 1.82) is 0 Å². The van der Waals surface area contributed by atoms with Gasteiger partial charge >= 0.3 is 0 Å². The van der Waals surface area contributed by atoms with E-state index in [0.717, 1.165) is 10.9 Å². The predicted octanol–water partition coefficient (Wildman–Crippen LogP) is 3.23. The number of thioether (sulfide) groups is 1. The van der Waals surface area contributed by atoms with Gasteiger partial charge in [-0.3, -0.25) is 4.99 Å². The highest BCUT2D eigenvalue weighted by atomic mass is 32.2. The molecule has 0 spiro atoms. The largest absolute Gasteiger partial charge is 0.492 e. The molecule has 1 aliphatic heterocycles. The summed E-state index contributed by atoms with van der Waals surface area (Å²) in [5, 5.41) is 4.54. The Morgan fingerprint density at radius 1 is 1.47 bits per heavy atom. The Morgan fingerprint density at radius 2 is 2.37 bits per heavy atom. The number of hydrogen-bond donors (Lipinski definition) is 1. The molecule has 0 aromatic heterocycles. The minimum atomic E-state index is 0.595. The van der Waals surface area contributed by atoms with Crippen molar-refractivity contribution in [2.75, 3.05) is 18.9 Å². The normalized spacial score (nSPS) is 21.2. The molecule has 1 fully saturated rings. The van der Waals surface area contributed by atoms with Crippen LogP contribution in [-0.4, -0.2) is 30.1 Å². The zero-order valence-corrected chi connectivity index (χ0v) is 12.5. The van der Waals surface area contributed by atoms with E-state index >= 15 is 0 Å². The quantitative estimate of drug-likeness (QED) is 0.840. The molecule has 0 radical (unpaired) electrons. The molecule has 1 N–H and O–H groups in total. The van der Waals surface area contributed by atoms with E-state index in [2.05, 4.69) is 30.2 Å². The van der Waals surface area contributed by atoms with Crippen LogP contribution in [-0.2, 0) is 0 Å². The van der Waals surface area contributed by atoms with Gasteiger partial charge in [0.25, 0.3) is 0 Å². The van der Waals surface area contributed by atoms with Gasteiger partial charge in [0.05, 0.1) is 6.54 Å². The third-order valence-corrected chi connectivity index (χ3v) is 4.09. The highest BCUT2D eigenvalue weighted by molar-refractivity contribution is 8.13. The molecule has 1 heterocycles. The summed E-state index contributed by atoms with van der Waals surface area (Å²) in [6.45, 7) is 5.62. The van der Waals surface area contributed by atoms with Gasteiger partial charge in [-0.2, -0.15) is 0 Å². The van der Waals surface area contributed by atoms with Gasteiger partial charge in [-0.15, -0.1) is 0 Å². The van der Waals surface area contributed by atoms with E-state index < -0.39 is 0 Å². The van der Waals surface area contributed by atoms with E-state index in [9.17, 15) is 0 Å². The minimum Gasteiger partial charge on any atom is -0.492 e. The zero-order chi connectivity index (χ0) is 13.5. The summed E-state index contributed by atoms with van der Waals surface area (Å²) >= 11 is 1.81. The maximum atomic E-state index is 5.69. The second-order valence-corrected chi connectivity index (χ2v) is 5.82. The van der Waals surface area contributed by atoms with Crippen molar-refractivity contribution in [1.82, 2.24) is 5.32 Å². The van der Waals surface area contributed by atoms with Crippen molar-refractivity contribution in [3.63, 3.8) is 0 Å². The lowest BCUT2D eigenvalue weighted by molar-refractivity contribution is 0.328. The molecule has 19 heavy (non-hydrogen) atoms. The molecular weight excluding hydrogens is 256 g/mol. The Bertz CT molecular complexity index is 434. The van der Waals surface area contributed by atoms with Gasteiger partial charge < -0.3 is 10.1 Å². The maximum Gasteiger partial charge on any atom is 0.156 e. The fourth-order valence-electron chi connectivity index (χ4n) is 2.00. The molecule has 0 amide bonds. The van der Waals surface area contributed by atoms with Crippen LogP contribution in [0.5, 0.6) is 5.75 Å². The Balaban J connectivity index is 1.74. The van der Waals surface area contributed by atoms with Crippen LogP contribution < -0.4 is 10.1 Å². The topological polar surface area (TPSA) is 33.6 Å². The molecule has 0 aliphatic carbocycles. The van der Waals surface area contributed by atoms with E-state index in [1.807, 2.05) is 30.0 Å². The highest BCUT2D eigenvalue weighted by Crippen LogP contribution is 2.16. The van der Waals surface area contributed by atoms with Crippen LogP contribution in [0, 0.1) is 6.92 Å². The van der Waals surface area contributed by atoms with Crippen LogP contribution in [0.2, 0.25) is 0 Å². The number of nitrogens with zero attached hydrogens (tertiary/aromatic N) is 1. The molecule has 0 bridgehead atoms. The van der Waals surface area contributed by atoms with Crippen molar-refractivity contribution >= 4 is 16.9 Å². The fraction of sp³-hybridized carbons (Fsp3) is 0.533. The van der Waals surface area contributed by atoms with Gasteiger partial charge in [0.15, 0.2) is 5.17 Å². The molecule has 1 unspecified atom stereocenters. The fourth-order valence-corrected chi connectivity index (χ4v) is 3.03. The molecule has 4 heteroatoms. The van der Waals surface area contributed by atoms with Crippen LogP contribution in [0.4, 0.5) is 0 Å². The molecule has 1 atom stereocenters. The summed E-state index contributed by atoms with van der Waals surface area (Å²) in [6.07, 6.45) is 2.40. The number of ether oxygens (including phenoxy) is 1. The number of nitrogens with one attached hydrogen (secondary N) is 1. The molecule has 1 aliphatic rings. The number of benzene rings is 1. The lowest BCUT2D eigenvalue weighted by Gasteiger charge is -2.24. The highest BCUT2D eigenvalue weighted by Gasteiger charge is 2.14. The SMILES string of the molecule is CCC1CCSC(=NCCOc2cccc(C)c2)N1. The van der Waals surface area contributed by atoms with E-state index in [4.69, 9.17) is 4.74 Å². The first-order valence-corrected chi connectivity index (χ1v) is 7.89. The first-order chi connectivity index (χ1) is 9.28. The van der Waals surface area contributed by atoms with E-state index in [1.165, 1.54) is 24.2 Å². The van der Waals surface area contributed by atoms with Gasteiger partial charge in [0.1, 0.15) is 12.4 Å². The van der Waals surface area contributed by atoms with Crippen LogP contribution in [0.15, 0.2) is 29.3 Å². The summed E-state index contributed by atoms with van der Waals surface area (Å²) < 4.78 is 5.69. The van der Waals surface area contributed by atoms with Crippen LogP contribution in [0.3, 0.4) is 0 Å². The van der Waals surface area contributed by atoms with Crippen molar-refractivity contribution in [3.05, 3.63) is 29.8 Å². The molecule has 2 rings (SSSR count). The Kier molecular flexibility index (Phi) is 5.58. The number of amidine groups is 1. The van der Waals surface area contributed by atoms with Crippen LogP contribution in [0.25, 0.3) is 0 Å². The first-order valence-electron chi connectivity index (χ1n) is 6.91. The Hall–Kier alpha value is -1.16. The maximum absolute atomic E-state index is 5.69. The number of hydrogen-bond acceptors (Lipinski definition) is 3. The summed E-state index contributed by atoms with van der Waals surface area (Å²) in [5.74, 6) is 2.10. The molecular formula is C15H22N2OS. The van der Waals surface area contributed by atoms with E-state index in [0.29, 0.717) is 19.2 Å². The standard InChI is InChI=1S/C15H22N2OS/c1-3-13-7-10-19-15(17-13)16-8-9-18-14-6-4-5-12(2)11-14/h4-6,11,13H,3,7-10H2,1-2H3,(H,16,17). The molecule has 1 aromatic rings. The minimum absolute atomic E-state index is 0.595. The summed E-state index contributed by atoms with van der Waals surface area (Å²) in [6, 6.07) is 8.72. The van der Waals surface area contributed by atoms with Gasteiger partial charge in [-0.05, 0) is 37.5 Å². The zero-order valence-electron chi connectivity index (χ0n) is 11.7. The average molecular weight is 278 g/mol. The van der Waals surface area contributed by atoms with Crippen molar-refractivity contribution in [2.24, 2.45) is 4.99 Å². The van der Waals surface area contributed by atoms with Crippen molar-refractivity contribution < 1.29 is 4.74 Å². The smallest absolute Gasteiger partial charge is 0.156 e. The third-order valence-electron chi connectivity index (χ3n) is 3.13. The number of rotatable bonds is 5. The van der Waals surface area contributed by atoms with Crippen LogP contribution in [0.1, 0.15) is 25.3 Å². The van der Waals surface area contributed by atoms with Gasteiger partial charge in [-0.25, -0.2) is 0 Å². The third kappa shape index (κ3) is 4.78. The second-order valence-electron chi connectivity index (χ2n) is 4.74. The summed E-state index contributed by atoms with van der Waals surface area (Å²) in [7, 11) is 0. The number of aliphatic imine (C=N–C) groups is 1.